The topological polar surface area (TPSA) is 24.1 Å². The van der Waals surface area contributed by atoms with Gasteiger partial charge in [0, 0.05) is 19.0 Å². The van der Waals surface area contributed by atoms with E-state index in [0.29, 0.717) is 17.6 Å². The van der Waals surface area contributed by atoms with Crippen LogP contribution < -0.4 is 10.6 Å². The molecule has 0 aliphatic heterocycles. The summed E-state index contributed by atoms with van der Waals surface area (Å²) in [6.45, 7) is 4.82. The van der Waals surface area contributed by atoms with Crippen LogP contribution >= 0.6 is 12.2 Å². The first kappa shape index (κ1) is 10.2. The van der Waals surface area contributed by atoms with Crippen molar-refractivity contribution in [2.75, 3.05) is 6.54 Å². The molecule has 0 heterocycles. The molecule has 0 aliphatic carbocycles. The molecule has 62 valence electrons. The zero-order valence-corrected chi connectivity index (χ0v) is 7.79. The third-order valence-electron chi connectivity index (χ3n) is 0.975. The second-order valence-corrected chi connectivity index (χ2v) is 2.92. The average Bonchev–Trinajstić information content (AvgIpc) is 1.86. The molecule has 0 saturated carbocycles. The van der Waals surface area contributed by atoms with Crippen molar-refractivity contribution >= 4 is 17.3 Å². The number of nitrogens with one attached hydrogen (secondary N) is 2. The van der Waals surface area contributed by atoms with E-state index in [1.807, 2.05) is 13.8 Å². The van der Waals surface area contributed by atoms with Gasteiger partial charge >= 0.3 is 0 Å². The predicted molar refractivity (Wildman–Crippen MR) is 52.3 cm³/mol. The van der Waals surface area contributed by atoms with Gasteiger partial charge in [-0.15, -0.1) is 12.3 Å². The van der Waals surface area contributed by atoms with Gasteiger partial charge in [0.25, 0.3) is 0 Å². The molecule has 0 atom stereocenters. The summed E-state index contributed by atoms with van der Waals surface area (Å²) in [6.07, 6.45) is 5.77. The van der Waals surface area contributed by atoms with Gasteiger partial charge in [0.05, 0.1) is 0 Å². The van der Waals surface area contributed by atoms with Gasteiger partial charge in [-0.25, -0.2) is 0 Å². The van der Waals surface area contributed by atoms with E-state index in [1.165, 1.54) is 0 Å². The van der Waals surface area contributed by atoms with Crippen molar-refractivity contribution in [1.82, 2.24) is 10.6 Å². The Morgan fingerprint density at radius 1 is 1.64 bits per heavy atom. The van der Waals surface area contributed by atoms with Crippen molar-refractivity contribution in [2.45, 2.75) is 26.3 Å². The molecular weight excluding hydrogens is 156 g/mol. The van der Waals surface area contributed by atoms with E-state index in [1.54, 1.807) is 0 Å². The quantitative estimate of drug-likeness (QED) is 0.373. The maximum atomic E-state index is 5.06. The molecule has 0 bridgehead atoms. The van der Waals surface area contributed by atoms with Crippen LogP contribution in [0.2, 0.25) is 0 Å². The fourth-order valence-electron chi connectivity index (χ4n) is 0.561. The van der Waals surface area contributed by atoms with Gasteiger partial charge in [-0.1, -0.05) is 0 Å². The minimum absolute atomic E-state index is 0.376. The summed E-state index contributed by atoms with van der Waals surface area (Å²) < 4.78 is 0. The van der Waals surface area contributed by atoms with E-state index in [0.717, 1.165) is 6.54 Å². The van der Waals surface area contributed by atoms with E-state index < -0.39 is 0 Å². The normalized spacial score (nSPS) is 8.91. The lowest BCUT2D eigenvalue weighted by molar-refractivity contribution is 0.713. The van der Waals surface area contributed by atoms with E-state index in [4.69, 9.17) is 18.6 Å². The Bertz CT molecular complexity index is 158. The highest BCUT2D eigenvalue weighted by Crippen LogP contribution is 1.77. The number of rotatable bonds is 3. The van der Waals surface area contributed by atoms with Gasteiger partial charge in [-0.2, -0.15) is 0 Å². The second-order valence-electron chi connectivity index (χ2n) is 2.51. The van der Waals surface area contributed by atoms with Gasteiger partial charge < -0.3 is 10.6 Å². The number of thiocarbonyl (C=S) groups is 1. The molecule has 0 aromatic rings. The Morgan fingerprint density at radius 2 is 2.27 bits per heavy atom. The fourth-order valence-corrected chi connectivity index (χ4v) is 0.899. The van der Waals surface area contributed by atoms with Crippen LogP contribution in [-0.2, 0) is 0 Å². The second kappa shape index (κ2) is 5.99. The van der Waals surface area contributed by atoms with Crippen LogP contribution in [0, 0.1) is 12.3 Å². The van der Waals surface area contributed by atoms with Gasteiger partial charge in [0.15, 0.2) is 5.11 Å². The van der Waals surface area contributed by atoms with Crippen LogP contribution in [0.3, 0.4) is 0 Å². The molecule has 0 spiro atoms. The molecule has 11 heavy (non-hydrogen) atoms. The third kappa shape index (κ3) is 7.14. The number of hydrogen-bond donors (Lipinski definition) is 2. The van der Waals surface area contributed by atoms with E-state index in [9.17, 15) is 0 Å². The summed E-state index contributed by atoms with van der Waals surface area (Å²) in [5.74, 6) is 2.53. The van der Waals surface area contributed by atoms with Gasteiger partial charge in [-0.05, 0) is 26.1 Å². The van der Waals surface area contributed by atoms with Crippen molar-refractivity contribution in [1.29, 1.82) is 0 Å². The first-order valence-corrected chi connectivity index (χ1v) is 4.05. The lowest BCUT2D eigenvalue weighted by atomic mass is 10.4. The SMILES string of the molecule is C#CCCNC(=S)NC(C)C. The van der Waals surface area contributed by atoms with Crippen molar-refractivity contribution in [3.63, 3.8) is 0 Å². The van der Waals surface area contributed by atoms with Crippen LogP contribution in [0.15, 0.2) is 0 Å². The van der Waals surface area contributed by atoms with E-state index in [2.05, 4.69) is 16.6 Å². The molecule has 0 unspecified atom stereocenters. The van der Waals surface area contributed by atoms with Crippen LogP contribution in [0.5, 0.6) is 0 Å². The Kier molecular flexibility index (Phi) is 5.58. The van der Waals surface area contributed by atoms with Crippen LogP contribution in [0.1, 0.15) is 20.3 Å². The summed E-state index contributed by atoms with van der Waals surface area (Å²) >= 11 is 4.95. The van der Waals surface area contributed by atoms with E-state index >= 15 is 0 Å². The van der Waals surface area contributed by atoms with Gasteiger partial charge in [0.1, 0.15) is 0 Å². The Hall–Kier alpha value is -0.750. The highest BCUT2D eigenvalue weighted by molar-refractivity contribution is 7.80. The molecule has 3 heteroatoms. The van der Waals surface area contributed by atoms with Crippen molar-refractivity contribution in [3.8, 4) is 12.3 Å². The smallest absolute Gasteiger partial charge is 0.166 e. The summed E-state index contributed by atoms with van der Waals surface area (Å²) in [7, 11) is 0. The summed E-state index contributed by atoms with van der Waals surface area (Å²) in [5, 5.41) is 6.72. The monoisotopic (exact) mass is 170 g/mol. The zero-order valence-electron chi connectivity index (χ0n) is 6.98. The fraction of sp³-hybridized carbons (Fsp3) is 0.625. The molecule has 0 aliphatic rings. The summed E-state index contributed by atoms with van der Waals surface area (Å²) in [6, 6.07) is 0.376. The molecule has 0 rings (SSSR count). The maximum Gasteiger partial charge on any atom is 0.166 e. The molecule has 0 amide bonds. The van der Waals surface area contributed by atoms with Crippen LogP contribution in [-0.4, -0.2) is 17.7 Å². The molecule has 2 nitrogen and oxygen atoms in total. The lowest BCUT2D eigenvalue weighted by Gasteiger charge is -2.11. The third-order valence-corrected chi connectivity index (χ3v) is 1.24. The molecule has 0 saturated heterocycles. The Labute approximate surface area is 73.8 Å². The van der Waals surface area contributed by atoms with Crippen molar-refractivity contribution in [2.24, 2.45) is 0 Å². The van der Waals surface area contributed by atoms with Crippen molar-refractivity contribution < 1.29 is 0 Å². The lowest BCUT2D eigenvalue weighted by Crippen LogP contribution is -2.39. The highest BCUT2D eigenvalue weighted by atomic mass is 32.1. The first-order valence-electron chi connectivity index (χ1n) is 3.64. The molecule has 0 aromatic carbocycles. The van der Waals surface area contributed by atoms with E-state index in [-0.39, 0.29) is 0 Å². The number of terminal acetylenes is 1. The van der Waals surface area contributed by atoms with Crippen molar-refractivity contribution in [3.05, 3.63) is 0 Å². The minimum atomic E-state index is 0.376. The predicted octanol–water partition coefficient (Wildman–Crippen LogP) is 0.882. The Balaban J connectivity index is 3.32. The minimum Gasteiger partial charge on any atom is -0.362 e. The number of hydrogen-bond acceptors (Lipinski definition) is 1. The van der Waals surface area contributed by atoms with Gasteiger partial charge in [-0.3, -0.25) is 0 Å². The standard InChI is InChI=1S/C8H14N2S/c1-4-5-6-9-8(11)10-7(2)3/h1,7H,5-6H2,2-3H3,(H2,9,10,11). The van der Waals surface area contributed by atoms with Gasteiger partial charge in [0.2, 0.25) is 0 Å². The summed E-state index contributed by atoms with van der Waals surface area (Å²) in [5.41, 5.74) is 0. The first-order chi connectivity index (χ1) is 5.16. The zero-order chi connectivity index (χ0) is 8.69. The molecule has 0 radical (unpaired) electrons. The molecule has 2 N–H and O–H groups in total. The van der Waals surface area contributed by atoms with Crippen LogP contribution in [0.25, 0.3) is 0 Å². The maximum absolute atomic E-state index is 5.06. The molecule has 0 fully saturated rings. The Morgan fingerprint density at radius 3 is 2.73 bits per heavy atom. The van der Waals surface area contributed by atoms with Crippen LogP contribution in [0.4, 0.5) is 0 Å². The molecular formula is C8H14N2S. The highest BCUT2D eigenvalue weighted by Gasteiger charge is 1.94. The molecule has 0 aromatic heterocycles. The summed E-state index contributed by atoms with van der Waals surface area (Å²) in [4.78, 5) is 0. The largest absolute Gasteiger partial charge is 0.362 e. The average molecular weight is 170 g/mol.